The van der Waals surface area contributed by atoms with Crippen LogP contribution >= 0.6 is 15.9 Å². The summed E-state index contributed by atoms with van der Waals surface area (Å²) >= 11 is 3.47. The van der Waals surface area contributed by atoms with E-state index < -0.39 is 0 Å². The van der Waals surface area contributed by atoms with Crippen LogP contribution in [0.2, 0.25) is 0 Å². The van der Waals surface area contributed by atoms with Gasteiger partial charge in [-0.25, -0.2) is 0 Å². The Morgan fingerprint density at radius 3 is 2.57 bits per heavy atom. The lowest BCUT2D eigenvalue weighted by atomic mass is 10.1. The summed E-state index contributed by atoms with van der Waals surface area (Å²) in [7, 11) is 1.67. The van der Waals surface area contributed by atoms with Gasteiger partial charge in [0.25, 0.3) is 0 Å². The highest BCUT2D eigenvalue weighted by atomic mass is 79.9. The predicted molar refractivity (Wildman–Crippen MR) is 88.8 cm³/mol. The molecule has 0 aromatic heterocycles. The molecule has 0 bridgehead atoms. The Labute approximate surface area is 134 Å². The number of methoxy groups -OCH3 is 1. The van der Waals surface area contributed by atoms with E-state index in [0.29, 0.717) is 6.61 Å². The molecule has 0 fully saturated rings. The van der Waals surface area contributed by atoms with Gasteiger partial charge in [0.15, 0.2) is 0 Å². The number of halogens is 1. The topological polar surface area (TPSA) is 44.5 Å². The molecule has 0 saturated heterocycles. The summed E-state index contributed by atoms with van der Waals surface area (Å²) in [6, 6.07) is 11.9. The lowest BCUT2D eigenvalue weighted by molar-refractivity contribution is 0.292. The van der Waals surface area contributed by atoms with E-state index in [-0.39, 0.29) is 6.04 Å². The second kappa shape index (κ2) is 6.96. The molecule has 2 rings (SSSR count). The maximum Gasteiger partial charge on any atom is 0.125 e. The van der Waals surface area contributed by atoms with E-state index in [2.05, 4.69) is 28.9 Å². The molecule has 0 heterocycles. The molecule has 21 heavy (non-hydrogen) atoms. The fourth-order valence-corrected chi connectivity index (χ4v) is 2.53. The van der Waals surface area contributed by atoms with E-state index >= 15 is 0 Å². The maximum absolute atomic E-state index is 5.99. The standard InChI is InChI=1S/C17H20BrNO2/c1-11-4-7-16(20-3)13(8-11)10-21-17-9-14(18)5-6-15(17)12(2)19/h4-9,12H,10,19H2,1-3H3. The van der Waals surface area contributed by atoms with Gasteiger partial charge in [-0.2, -0.15) is 0 Å². The van der Waals surface area contributed by atoms with Gasteiger partial charge < -0.3 is 15.2 Å². The highest BCUT2D eigenvalue weighted by Crippen LogP contribution is 2.29. The second-order valence-corrected chi connectivity index (χ2v) is 5.99. The van der Waals surface area contributed by atoms with Crippen molar-refractivity contribution in [2.24, 2.45) is 5.73 Å². The van der Waals surface area contributed by atoms with Gasteiger partial charge in [-0.3, -0.25) is 0 Å². The Balaban J connectivity index is 2.24. The number of nitrogens with two attached hydrogens (primary N) is 1. The first kappa shape index (κ1) is 15.9. The second-order valence-electron chi connectivity index (χ2n) is 5.07. The van der Waals surface area contributed by atoms with Crippen LogP contribution in [-0.4, -0.2) is 7.11 Å². The summed E-state index contributed by atoms with van der Waals surface area (Å²) in [5.41, 5.74) is 9.18. The number of ether oxygens (including phenoxy) is 2. The molecule has 4 heteroatoms. The van der Waals surface area contributed by atoms with Crippen LogP contribution in [0.4, 0.5) is 0 Å². The van der Waals surface area contributed by atoms with Crippen molar-refractivity contribution in [2.45, 2.75) is 26.5 Å². The summed E-state index contributed by atoms with van der Waals surface area (Å²) in [5.74, 6) is 1.63. The minimum Gasteiger partial charge on any atom is -0.496 e. The van der Waals surface area contributed by atoms with Crippen molar-refractivity contribution in [3.8, 4) is 11.5 Å². The lowest BCUT2D eigenvalue weighted by Gasteiger charge is -2.16. The molecule has 0 saturated carbocycles. The molecular formula is C17H20BrNO2. The number of rotatable bonds is 5. The van der Waals surface area contributed by atoms with Gasteiger partial charge >= 0.3 is 0 Å². The van der Waals surface area contributed by atoms with E-state index in [1.807, 2.05) is 37.3 Å². The van der Waals surface area contributed by atoms with Crippen LogP contribution in [0, 0.1) is 6.92 Å². The Bertz CT molecular complexity index is 626. The zero-order chi connectivity index (χ0) is 15.4. The molecule has 1 atom stereocenters. The Morgan fingerprint density at radius 2 is 1.90 bits per heavy atom. The van der Waals surface area contributed by atoms with Gasteiger partial charge in [-0.05, 0) is 38.1 Å². The average Bonchev–Trinajstić information content (AvgIpc) is 2.45. The Morgan fingerprint density at radius 1 is 1.14 bits per heavy atom. The third-order valence-electron chi connectivity index (χ3n) is 3.29. The fourth-order valence-electron chi connectivity index (χ4n) is 2.19. The van der Waals surface area contributed by atoms with Gasteiger partial charge in [0.1, 0.15) is 18.1 Å². The highest BCUT2D eigenvalue weighted by molar-refractivity contribution is 9.10. The Kier molecular flexibility index (Phi) is 5.26. The lowest BCUT2D eigenvalue weighted by Crippen LogP contribution is -2.08. The van der Waals surface area contributed by atoms with Crippen molar-refractivity contribution in [1.29, 1.82) is 0 Å². The summed E-state index contributed by atoms with van der Waals surface area (Å²) in [6.07, 6.45) is 0. The van der Waals surface area contributed by atoms with Crippen molar-refractivity contribution in [3.63, 3.8) is 0 Å². The van der Waals surface area contributed by atoms with Gasteiger partial charge in [0, 0.05) is 21.6 Å². The molecule has 3 nitrogen and oxygen atoms in total. The largest absolute Gasteiger partial charge is 0.496 e. The van der Waals surface area contributed by atoms with E-state index in [9.17, 15) is 0 Å². The molecular weight excluding hydrogens is 330 g/mol. The zero-order valence-corrected chi connectivity index (χ0v) is 14.1. The van der Waals surface area contributed by atoms with Crippen LogP contribution in [0.1, 0.15) is 29.7 Å². The van der Waals surface area contributed by atoms with E-state index in [1.165, 1.54) is 5.56 Å². The molecule has 0 spiro atoms. The molecule has 0 aliphatic heterocycles. The number of hydrogen-bond donors (Lipinski definition) is 1. The zero-order valence-electron chi connectivity index (χ0n) is 12.5. The normalized spacial score (nSPS) is 12.0. The van der Waals surface area contributed by atoms with E-state index in [0.717, 1.165) is 27.1 Å². The van der Waals surface area contributed by atoms with Gasteiger partial charge in [-0.1, -0.05) is 33.6 Å². The number of aryl methyl sites for hydroxylation is 1. The van der Waals surface area contributed by atoms with Crippen LogP contribution in [0.3, 0.4) is 0 Å². The van der Waals surface area contributed by atoms with Crippen LogP contribution in [0.25, 0.3) is 0 Å². The number of benzene rings is 2. The predicted octanol–water partition coefficient (Wildman–Crippen LogP) is 4.36. The number of hydrogen-bond acceptors (Lipinski definition) is 3. The summed E-state index contributed by atoms with van der Waals surface area (Å²) < 4.78 is 12.3. The molecule has 0 aliphatic rings. The first-order chi connectivity index (χ1) is 10.0. The third-order valence-corrected chi connectivity index (χ3v) is 3.78. The molecule has 0 radical (unpaired) electrons. The van der Waals surface area contributed by atoms with Crippen LogP contribution < -0.4 is 15.2 Å². The molecule has 2 aromatic rings. The van der Waals surface area contributed by atoms with Crippen LogP contribution in [0.15, 0.2) is 40.9 Å². The SMILES string of the molecule is COc1ccc(C)cc1COc1cc(Br)ccc1C(C)N. The van der Waals surface area contributed by atoms with Gasteiger partial charge in [-0.15, -0.1) is 0 Å². The molecule has 2 aromatic carbocycles. The molecule has 0 amide bonds. The van der Waals surface area contributed by atoms with E-state index in [1.54, 1.807) is 7.11 Å². The first-order valence-corrected chi connectivity index (χ1v) is 7.62. The van der Waals surface area contributed by atoms with Gasteiger partial charge in [0.2, 0.25) is 0 Å². The van der Waals surface area contributed by atoms with Gasteiger partial charge in [0.05, 0.1) is 7.11 Å². The third kappa shape index (κ3) is 3.99. The minimum absolute atomic E-state index is 0.0764. The summed E-state index contributed by atoms with van der Waals surface area (Å²) in [5, 5.41) is 0. The van der Waals surface area contributed by atoms with Crippen LogP contribution in [0.5, 0.6) is 11.5 Å². The highest BCUT2D eigenvalue weighted by Gasteiger charge is 2.10. The quantitative estimate of drug-likeness (QED) is 0.871. The first-order valence-electron chi connectivity index (χ1n) is 6.82. The summed E-state index contributed by atoms with van der Waals surface area (Å²) in [4.78, 5) is 0. The van der Waals surface area contributed by atoms with Crippen molar-refractivity contribution >= 4 is 15.9 Å². The molecule has 2 N–H and O–H groups in total. The Hall–Kier alpha value is -1.52. The van der Waals surface area contributed by atoms with Crippen molar-refractivity contribution < 1.29 is 9.47 Å². The monoisotopic (exact) mass is 349 g/mol. The molecule has 0 aliphatic carbocycles. The smallest absolute Gasteiger partial charge is 0.125 e. The van der Waals surface area contributed by atoms with Crippen molar-refractivity contribution in [2.75, 3.05) is 7.11 Å². The average molecular weight is 350 g/mol. The van der Waals surface area contributed by atoms with E-state index in [4.69, 9.17) is 15.2 Å². The fraction of sp³-hybridized carbons (Fsp3) is 0.294. The summed E-state index contributed by atoms with van der Waals surface area (Å²) in [6.45, 7) is 4.44. The molecule has 112 valence electrons. The van der Waals surface area contributed by atoms with Crippen molar-refractivity contribution in [3.05, 3.63) is 57.6 Å². The van der Waals surface area contributed by atoms with Crippen molar-refractivity contribution in [1.82, 2.24) is 0 Å². The minimum atomic E-state index is -0.0764. The van der Waals surface area contributed by atoms with Crippen LogP contribution in [-0.2, 0) is 6.61 Å². The maximum atomic E-state index is 5.99. The molecule has 1 unspecified atom stereocenters.